The van der Waals surface area contributed by atoms with Crippen LogP contribution in [0.25, 0.3) is 0 Å². The van der Waals surface area contributed by atoms with Gasteiger partial charge in [-0.05, 0) is 31.0 Å². The van der Waals surface area contributed by atoms with Crippen LogP contribution in [-0.4, -0.2) is 79.9 Å². The number of sulfonamides is 1. The number of hydrogen-bond donors (Lipinski definition) is 0. The number of anilines is 1. The van der Waals surface area contributed by atoms with Crippen molar-refractivity contribution in [3.05, 3.63) is 42.4 Å². The first-order chi connectivity index (χ1) is 15.5. The SMILES string of the molecule is COc1ccc(C(=O)N2CCN(c3cnccn3)CC2)cc1S(=O)(=O)N1CCCCCC1. The average molecular weight is 460 g/mol. The highest BCUT2D eigenvalue weighted by molar-refractivity contribution is 7.89. The number of carbonyl (C=O) groups is 1. The molecule has 172 valence electrons. The van der Waals surface area contributed by atoms with Crippen LogP contribution < -0.4 is 9.64 Å². The lowest BCUT2D eigenvalue weighted by atomic mass is 10.1. The van der Waals surface area contributed by atoms with Gasteiger partial charge in [0.25, 0.3) is 5.91 Å². The van der Waals surface area contributed by atoms with E-state index in [1.54, 1.807) is 35.6 Å². The molecule has 4 rings (SSSR count). The van der Waals surface area contributed by atoms with Crippen molar-refractivity contribution < 1.29 is 17.9 Å². The Morgan fingerprint density at radius 3 is 2.31 bits per heavy atom. The van der Waals surface area contributed by atoms with Gasteiger partial charge >= 0.3 is 0 Å². The van der Waals surface area contributed by atoms with Gasteiger partial charge < -0.3 is 14.5 Å². The van der Waals surface area contributed by atoms with E-state index in [1.807, 2.05) is 0 Å². The van der Waals surface area contributed by atoms with E-state index >= 15 is 0 Å². The van der Waals surface area contributed by atoms with Gasteiger partial charge in [-0.25, -0.2) is 13.4 Å². The van der Waals surface area contributed by atoms with Crippen molar-refractivity contribution in [2.75, 3.05) is 51.3 Å². The summed E-state index contributed by atoms with van der Waals surface area (Å²) in [6.07, 6.45) is 8.73. The first-order valence-corrected chi connectivity index (χ1v) is 12.4. The van der Waals surface area contributed by atoms with Gasteiger partial charge in [-0.2, -0.15) is 4.31 Å². The Labute approximate surface area is 189 Å². The molecule has 10 heteroatoms. The maximum absolute atomic E-state index is 13.4. The summed E-state index contributed by atoms with van der Waals surface area (Å²) in [6, 6.07) is 4.68. The molecule has 9 nitrogen and oxygen atoms in total. The number of nitrogens with zero attached hydrogens (tertiary/aromatic N) is 5. The fraction of sp³-hybridized carbons (Fsp3) is 0.500. The highest BCUT2D eigenvalue weighted by Gasteiger charge is 2.30. The number of benzene rings is 1. The Morgan fingerprint density at radius 2 is 1.69 bits per heavy atom. The number of aromatic nitrogens is 2. The first kappa shape index (κ1) is 22.5. The molecule has 2 aromatic rings. The zero-order valence-electron chi connectivity index (χ0n) is 18.3. The summed E-state index contributed by atoms with van der Waals surface area (Å²) < 4.78 is 33.6. The molecule has 0 spiro atoms. The fourth-order valence-corrected chi connectivity index (χ4v) is 5.91. The molecule has 0 N–H and O–H groups in total. The Bertz CT molecular complexity index is 1030. The third-order valence-corrected chi connectivity index (χ3v) is 7.95. The second-order valence-corrected chi connectivity index (χ2v) is 9.93. The second-order valence-electron chi connectivity index (χ2n) is 8.03. The van der Waals surface area contributed by atoms with Crippen molar-refractivity contribution in [1.82, 2.24) is 19.2 Å². The van der Waals surface area contributed by atoms with E-state index in [-0.39, 0.29) is 16.6 Å². The molecule has 0 radical (unpaired) electrons. The maximum atomic E-state index is 13.4. The minimum absolute atomic E-state index is 0.0611. The van der Waals surface area contributed by atoms with Crippen LogP contribution in [0.15, 0.2) is 41.7 Å². The Morgan fingerprint density at radius 1 is 0.969 bits per heavy atom. The van der Waals surface area contributed by atoms with Crippen LogP contribution >= 0.6 is 0 Å². The summed E-state index contributed by atoms with van der Waals surface area (Å²) in [6.45, 7) is 3.31. The summed E-state index contributed by atoms with van der Waals surface area (Å²) in [4.78, 5) is 25.5. The molecular weight excluding hydrogens is 430 g/mol. The number of carbonyl (C=O) groups excluding carboxylic acids is 1. The average Bonchev–Trinajstić information content (AvgIpc) is 3.14. The Kier molecular flexibility index (Phi) is 6.90. The first-order valence-electron chi connectivity index (χ1n) is 11.0. The largest absolute Gasteiger partial charge is 0.495 e. The van der Waals surface area contributed by atoms with E-state index in [1.165, 1.54) is 17.5 Å². The molecule has 1 aromatic heterocycles. The molecule has 0 bridgehead atoms. The van der Waals surface area contributed by atoms with Crippen molar-refractivity contribution in [1.29, 1.82) is 0 Å². The summed E-state index contributed by atoms with van der Waals surface area (Å²) in [5, 5.41) is 0. The van der Waals surface area contributed by atoms with Crippen LogP contribution in [0.4, 0.5) is 5.82 Å². The van der Waals surface area contributed by atoms with E-state index in [4.69, 9.17) is 4.74 Å². The van der Waals surface area contributed by atoms with E-state index in [0.29, 0.717) is 44.8 Å². The standard InChI is InChI=1S/C22H29N5O4S/c1-31-19-7-6-18(16-20(19)32(29,30)27-10-4-2-3-5-11-27)22(28)26-14-12-25(13-15-26)21-17-23-8-9-24-21/h6-9,16-17H,2-5,10-15H2,1H3. The van der Waals surface area contributed by atoms with Gasteiger partial charge in [-0.3, -0.25) is 9.78 Å². The van der Waals surface area contributed by atoms with Crippen molar-refractivity contribution in [3.8, 4) is 5.75 Å². The molecule has 2 aliphatic rings. The number of rotatable bonds is 5. The van der Waals surface area contributed by atoms with Crippen LogP contribution in [0.2, 0.25) is 0 Å². The van der Waals surface area contributed by atoms with Crippen molar-refractivity contribution in [3.63, 3.8) is 0 Å². The number of amides is 1. The quantitative estimate of drug-likeness (QED) is 0.675. The predicted molar refractivity (Wildman–Crippen MR) is 120 cm³/mol. The lowest BCUT2D eigenvalue weighted by Crippen LogP contribution is -2.49. The summed E-state index contributed by atoms with van der Waals surface area (Å²) >= 11 is 0. The van der Waals surface area contributed by atoms with Gasteiger partial charge in [-0.15, -0.1) is 0 Å². The topological polar surface area (TPSA) is 95.9 Å². The summed E-state index contributed by atoms with van der Waals surface area (Å²) in [5.74, 6) is 0.868. The lowest BCUT2D eigenvalue weighted by Gasteiger charge is -2.35. The van der Waals surface area contributed by atoms with E-state index in [0.717, 1.165) is 31.5 Å². The van der Waals surface area contributed by atoms with E-state index in [2.05, 4.69) is 14.9 Å². The minimum Gasteiger partial charge on any atom is -0.495 e. The molecule has 0 atom stereocenters. The maximum Gasteiger partial charge on any atom is 0.254 e. The third-order valence-electron chi connectivity index (χ3n) is 6.03. The zero-order chi connectivity index (χ0) is 22.6. The number of ether oxygens (including phenoxy) is 1. The van der Waals surface area contributed by atoms with Crippen molar-refractivity contribution in [2.24, 2.45) is 0 Å². The third kappa shape index (κ3) is 4.71. The molecular formula is C22H29N5O4S. The van der Waals surface area contributed by atoms with Crippen molar-refractivity contribution in [2.45, 2.75) is 30.6 Å². The normalized spacial score (nSPS) is 18.3. The summed E-state index contributed by atoms with van der Waals surface area (Å²) in [5.41, 5.74) is 0.354. The molecule has 2 saturated heterocycles. The molecule has 1 amide bonds. The van der Waals surface area contributed by atoms with Gasteiger partial charge in [0.05, 0.1) is 13.3 Å². The highest BCUT2D eigenvalue weighted by atomic mass is 32.2. The van der Waals surface area contributed by atoms with Gasteiger partial charge in [-0.1, -0.05) is 12.8 Å². The van der Waals surface area contributed by atoms with Crippen molar-refractivity contribution >= 4 is 21.7 Å². The van der Waals surface area contributed by atoms with E-state index in [9.17, 15) is 13.2 Å². The molecule has 0 saturated carbocycles. The Hall–Kier alpha value is -2.72. The number of methoxy groups -OCH3 is 1. The predicted octanol–water partition coefficient (Wildman–Crippen LogP) is 2.01. The molecule has 2 aliphatic heterocycles. The monoisotopic (exact) mass is 459 g/mol. The molecule has 0 unspecified atom stereocenters. The van der Waals surface area contributed by atoms with Gasteiger partial charge in [0.15, 0.2) is 0 Å². The summed E-state index contributed by atoms with van der Waals surface area (Å²) in [7, 11) is -2.30. The number of piperazine rings is 1. The fourth-order valence-electron chi connectivity index (χ4n) is 4.21. The number of hydrogen-bond acceptors (Lipinski definition) is 7. The van der Waals surface area contributed by atoms with Crippen LogP contribution in [0, 0.1) is 0 Å². The van der Waals surface area contributed by atoms with Gasteiger partial charge in [0, 0.05) is 57.2 Å². The van der Waals surface area contributed by atoms with Gasteiger partial charge in [0.1, 0.15) is 16.5 Å². The zero-order valence-corrected chi connectivity index (χ0v) is 19.1. The molecule has 0 aliphatic carbocycles. The van der Waals surface area contributed by atoms with Crippen LogP contribution in [0.3, 0.4) is 0 Å². The highest BCUT2D eigenvalue weighted by Crippen LogP contribution is 2.30. The Balaban J connectivity index is 1.52. The van der Waals surface area contributed by atoms with Crippen LogP contribution in [-0.2, 0) is 10.0 Å². The van der Waals surface area contributed by atoms with Gasteiger partial charge in [0.2, 0.25) is 10.0 Å². The lowest BCUT2D eigenvalue weighted by molar-refractivity contribution is 0.0746. The minimum atomic E-state index is -3.75. The molecule has 3 heterocycles. The smallest absolute Gasteiger partial charge is 0.254 e. The molecule has 1 aromatic carbocycles. The molecule has 32 heavy (non-hydrogen) atoms. The second kappa shape index (κ2) is 9.83. The molecule has 2 fully saturated rings. The van der Waals surface area contributed by atoms with E-state index < -0.39 is 10.0 Å². The van der Waals surface area contributed by atoms with Crippen LogP contribution in [0.1, 0.15) is 36.0 Å². The van der Waals surface area contributed by atoms with Crippen LogP contribution in [0.5, 0.6) is 5.75 Å².